The highest BCUT2D eigenvalue weighted by Gasteiger charge is 2.12. The molecule has 0 atom stereocenters. The first-order chi connectivity index (χ1) is 9.24. The van der Waals surface area contributed by atoms with Gasteiger partial charge in [-0.1, -0.05) is 12.1 Å². The van der Waals surface area contributed by atoms with Crippen molar-refractivity contribution >= 4 is 27.3 Å². The number of carbonyl (C=O) groups is 1. The molecule has 2 heterocycles. The SMILES string of the molecule is Cc1ccncc1C(=O)Cc1nc2ccccc2s1. The Morgan fingerprint density at radius 3 is 2.89 bits per heavy atom. The summed E-state index contributed by atoms with van der Waals surface area (Å²) in [6, 6.07) is 9.79. The van der Waals surface area contributed by atoms with Gasteiger partial charge in [0.25, 0.3) is 0 Å². The van der Waals surface area contributed by atoms with Crippen LogP contribution in [0.15, 0.2) is 42.7 Å². The molecule has 3 nitrogen and oxygen atoms in total. The van der Waals surface area contributed by atoms with Crippen molar-refractivity contribution in [1.82, 2.24) is 9.97 Å². The Labute approximate surface area is 115 Å². The Hall–Kier alpha value is -2.07. The van der Waals surface area contributed by atoms with Gasteiger partial charge >= 0.3 is 0 Å². The van der Waals surface area contributed by atoms with Gasteiger partial charge < -0.3 is 0 Å². The molecule has 2 aromatic heterocycles. The van der Waals surface area contributed by atoms with E-state index in [2.05, 4.69) is 9.97 Å². The smallest absolute Gasteiger partial charge is 0.171 e. The largest absolute Gasteiger partial charge is 0.294 e. The maximum absolute atomic E-state index is 12.2. The van der Waals surface area contributed by atoms with E-state index in [1.165, 1.54) is 0 Å². The third-order valence-corrected chi connectivity index (χ3v) is 4.03. The number of benzene rings is 1. The summed E-state index contributed by atoms with van der Waals surface area (Å²) < 4.78 is 1.12. The molecule has 0 saturated carbocycles. The Morgan fingerprint density at radius 2 is 2.11 bits per heavy atom. The lowest BCUT2D eigenvalue weighted by atomic mass is 10.1. The van der Waals surface area contributed by atoms with Gasteiger partial charge in [0.1, 0.15) is 5.01 Å². The van der Waals surface area contributed by atoms with Crippen LogP contribution in [0.3, 0.4) is 0 Å². The van der Waals surface area contributed by atoms with Crippen molar-refractivity contribution in [3.8, 4) is 0 Å². The number of carbonyl (C=O) groups excluding carboxylic acids is 1. The summed E-state index contributed by atoms with van der Waals surface area (Å²) >= 11 is 1.57. The molecule has 1 aromatic carbocycles. The van der Waals surface area contributed by atoms with Gasteiger partial charge in [-0.05, 0) is 30.7 Å². The molecule has 0 aliphatic carbocycles. The van der Waals surface area contributed by atoms with Crippen molar-refractivity contribution in [3.63, 3.8) is 0 Å². The van der Waals surface area contributed by atoms with E-state index in [0.29, 0.717) is 12.0 Å². The Bertz CT molecular complexity index is 715. The van der Waals surface area contributed by atoms with E-state index in [0.717, 1.165) is 20.8 Å². The lowest BCUT2D eigenvalue weighted by Crippen LogP contribution is -2.05. The predicted octanol–water partition coefficient (Wildman–Crippen LogP) is 3.43. The lowest BCUT2D eigenvalue weighted by Gasteiger charge is -2.01. The van der Waals surface area contributed by atoms with E-state index in [1.54, 1.807) is 23.7 Å². The van der Waals surface area contributed by atoms with Crippen LogP contribution in [0.1, 0.15) is 20.9 Å². The van der Waals surface area contributed by atoms with Crippen molar-refractivity contribution in [3.05, 3.63) is 58.9 Å². The minimum Gasteiger partial charge on any atom is -0.294 e. The number of thiazole rings is 1. The third-order valence-electron chi connectivity index (χ3n) is 2.99. The summed E-state index contributed by atoms with van der Waals surface area (Å²) in [5.41, 5.74) is 2.60. The molecule has 0 spiro atoms. The van der Waals surface area contributed by atoms with Crippen LogP contribution in [0.25, 0.3) is 10.2 Å². The molecule has 0 amide bonds. The second-order valence-electron chi connectivity index (χ2n) is 4.37. The Balaban J connectivity index is 1.89. The second-order valence-corrected chi connectivity index (χ2v) is 5.48. The molecule has 0 aliphatic heterocycles. The molecule has 0 radical (unpaired) electrons. The lowest BCUT2D eigenvalue weighted by molar-refractivity contribution is 0.0992. The van der Waals surface area contributed by atoms with Crippen LogP contribution in [-0.2, 0) is 6.42 Å². The van der Waals surface area contributed by atoms with Crippen LogP contribution in [0, 0.1) is 6.92 Å². The molecule has 0 N–H and O–H groups in total. The zero-order valence-corrected chi connectivity index (χ0v) is 11.3. The average molecular weight is 268 g/mol. The fourth-order valence-electron chi connectivity index (χ4n) is 1.98. The van der Waals surface area contributed by atoms with Crippen molar-refractivity contribution in [2.45, 2.75) is 13.3 Å². The van der Waals surface area contributed by atoms with Gasteiger partial charge in [0.15, 0.2) is 5.78 Å². The zero-order chi connectivity index (χ0) is 13.2. The quantitative estimate of drug-likeness (QED) is 0.683. The first kappa shape index (κ1) is 12.0. The number of para-hydroxylation sites is 1. The summed E-state index contributed by atoms with van der Waals surface area (Å²) in [4.78, 5) is 20.7. The minimum atomic E-state index is 0.0738. The number of hydrogen-bond acceptors (Lipinski definition) is 4. The number of rotatable bonds is 3. The first-order valence-corrected chi connectivity index (χ1v) is 6.84. The molecule has 0 saturated heterocycles. The van der Waals surface area contributed by atoms with Crippen LogP contribution >= 0.6 is 11.3 Å². The summed E-state index contributed by atoms with van der Waals surface area (Å²) in [6.45, 7) is 1.92. The molecule has 3 aromatic rings. The van der Waals surface area contributed by atoms with Gasteiger partial charge in [0, 0.05) is 18.0 Å². The molecule has 3 rings (SSSR count). The molecule has 0 aliphatic rings. The van der Waals surface area contributed by atoms with Crippen LogP contribution in [0.4, 0.5) is 0 Å². The summed E-state index contributed by atoms with van der Waals surface area (Å²) in [7, 11) is 0. The van der Waals surface area contributed by atoms with E-state index in [4.69, 9.17) is 0 Å². The third kappa shape index (κ3) is 2.39. The number of Topliss-reactive ketones (excluding diaryl/α,β-unsaturated/α-hetero) is 1. The fourth-order valence-corrected chi connectivity index (χ4v) is 2.95. The summed E-state index contributed by atoms with van der Waals surface area (Å²) in [5, 5.41) is 0.856. The van der Waals surface area contributed by atoms with Crippen LogP contribution in [0.5, 0.6) is 0 Å². The number of fused-ring (bicyclic) bond motifs is 1. The minimum absolute atomic E-state index is 0.0738. The molecule has 0 fully saturated rings. The molecule has 94 valence electrons. The second kappa shape index (κ2) is 4.90. The molecular formula is C15H12N2OS. The van der Waals surface area contributed by atoms with Crippen molar-refractivity contribution in [1.29, 1.82) is 0 Å². The summed E-state index contributed by atoms with van der Waals surface area (Å²) in [6.07, 6.45) is 3.67. The van der Waals surface area contributed by atoms with E-state index in [1.807, 2.05) is 37.3 Å². The molecular weight excluding hydrogens is 256 g/mol. The van der Waals surface area contributed by atoms with Crippen LogP contribution in [0.2, 0.25) is 0 Å². The maximum Gasteiger partial charge on any atom is 0.171 e. The Morgan fingerprint density at radius 1 is 1.26 bits per heavy atom. The number of hydrogen-bond donors (Lipinski definition) is 0. The standard InChI is InChI=1S/C15H12N2OS/c1-10-6-7-16-9-11(10)13(18)8-15-17-12-4-2-3-5-14(12)19-15/h2-7,9H,8H2,1H3. The van der Waals surface area contributed by atoms with Gasteiger partial charge in [0.2, 0.25) is 0 Å². The van der Waals surface area contributed by atoms with Gasteiger partial charge in [-0.2, -0.15) is 0 Å². The highest BCUT2D eigenvalue weighted by Crippen LogP contribution is 2.23. The van der Waals surface area contributed by atoms with Gasteiger partial charge in [-0.3, -0.25) is 9.78 Å². The van der Waals surface area contributed by atoms with E-state index >= 15 is 0 Å². The molecule has 0 bridgehead atoms. The number of pyridine rings is 1. The van der Waals surface area contributed by atoms with E-state index in [-0.39, 0.29) is 5.78 Å². The number of aryl methyl sites for hydroxylation is 1. The molecule has 4 heteroatoms. The Kier molecular flexibility index (Phi) is 3.09. The zero-order valence-electron chi connectivity index (χ0n) is 10.5. The monoisotopic (exact) mass is 268 g/mol. The van der Waals surface area contributed by atoms with E-state index < -0.39 is 0 Å². The average Bonchev–Trinajstić information content (AvgIpc) is 2.81. The number of ketones is 1. The normalized spacial score (nSPS) is 10.8. The topological polar surface area (TPSA) is 42.9 Å². The molecule has 0 unspecified atom stereocenters. The highest BCUT2D eigenvalue weighted by atomic mass is 32.1. The van der Waals surface area contributed by atoms with Crippen LogP contribution < -0.4 is 0 Å². The van der Waals surface area contributed by atoms with E-state index in [9.17, 15) is 4.79 Å². The number of aromatic nitrogens is 2. The highest BCUT2D eigenvalue weighted by molar-refractivity contribution is 7.18. The molecule has 19 heavy (non-hydrogen) atoms. The maximum atomic E-state index is 12.2. The van der Waals surface area contributed by atoms with Crippen molar-refractivity contribution < 1.29 is 4.79 Å². The first-order valence-electron chi connectivity index (χ1n) is 6.02. The fraction of sp³-hybridized carbons (Fsp3) is 0.133. The number of nitrogens with zero attached hydrogens (tertiary/aromatic N) is 2. The van der Waals surface area contributed by atoms with Gasteiger partial charge in [-0.15, -0.1) is 11.3 Å². The van der Waals surface area contributed by atoms with Gasteiger partial charge in [-0.25, -0.2) is 4.98 Å². The van der Waals surface area contributed by atoms with Crippen molar-refractivity contribution in [2.75, 3.05) is 0 Å². The predicted molar refractivity (Wildman–Crippen MR) is 76.6 cm³/mol. The van der Waals surface area contributed by atoms with Crippen molar-refractivity contribution in [2.24, 2.45) is 0 Å². The summed E-state index contributed by atoms with van der Waals surface area (Å²) in [5.74, 6) is 0.0738. The van der Waals surface area contributed by atoms with Crippen LogP contribution in [-0.4, -0.2) is 15.8 Å². The van der Waals surface area contributed by atoms with Gasteiger partial charge in [0.05, 0.1) is 16.6 Å².